The van der Waals surface area contributed by atoms with Gasteiger partial charge in [-0.25, -0.2) is 0 Å². The monoisotopic (exact) mass is 287 g/mol. The van der Waals surface area contributed by atoms with E-state index in [9.17, 15) is 4.79 Å². The number of para-hydroxylation sites is 1. The van der Waals surface area contributed by atoms with Crippen LogP contribution in [-0.4, -0.2) is 23.1 Å². The van der Waals surface area contributed by atoms with Gasteiger partial charge in [0.25, 0.3) is 0 Å². The molecule has 4 heteroatoms. The summed E-state index contributed by atoms with van der Waals surface area (Å²) in [5.41, 5.74) is 6.95. The first kappa shape index (κ1) is 15.6. The molecule has 1 amide bonds. The molecule has 1 aromatic heterocycles. The molecule has 0 aliphatic rings. The van der Waals surface area contributed by atoms with Crippen LogP contribution in [0.2, 0.25) is 0 Å². The number of benzene rings is 1. The molecule has 0 aliphatic carbocycles. The number of rotatable bonds is 5. The largest absolute Gasteiger partial charge is 0.355 e. The molecule has 114 valence electrons. The van der Waals surface area contributed by atoms with Crippen molar-refractivity contribution in [1.29, 1.82) is 0 Å². The number of amides is 1. The highest BCUT2D eigenvalue weighted by atomic mass is 16.2. The van der Waals surface area contributed by atoms with Crippen LogP contribution in [0, 0.1) is 5.41 Å². The highest BCUT2D eigenvalue weighted by Gasteiger charge is 2.26. The predicted octanol–water partition coefficient (Wildman–Crippen LogP) is 2.52. The van der Waals surface area contributed by atoms with Gasteiger partial charge in [-0.3, -0.25) is 4.79 Å². The summed E-state index contributed by atoms with van der Waals surface area (Å²) in [6.45, 7) is 7.46. The van der Waals surface area contributed by atoms with Gasteiger partial charge in [-0.05, 0) is 29.4 Å². The zero-order valence-electron chi connectivity index (χ0n) is 13.1. The number of fused-ring (bicyclic) bond motifs is 1. The molecule has 1 atom stereocenters. The van der Waals surface area contributed by atoms with Crippen LogP contribution in [0.5, 0.6) is 0 Å². The van der Waals surface area contributed by atoms with E-state index < -0.39 is 6.04 Å². The van der Waals surface area contributed by atoms with Crippen LogP contribution in [0.1, 0.15) is 27.2 Å². The molecule has 2 aromatic rings. The summed E-state index contributed by atoms with van der Waals surface area (Å²) in [6, 6.07) is 9.96. The number of aryl methyl sites for hydroxylation is 1. The number of hydrogen-bond acceptors (Lipinski definition) is 2. The van der Waals surface area contributed by atoms with Crippen molar-refractivity contribution in [3.8, 4) is 0 Å². The van der Waals surface area contributed by atoms with Gasteiger partial charge in [0.15, 0.2) is 0 Å². The van der Waals surface area contributed by atoms with E-state index in [1.807, 2.05) is 32.9 Å². The smallest absolute Gasteiger partial charge is 0.237 e. The Hall–Kier alpha value is -1.81. The van der Waals surface area contributed by atoms with Crippen molar-refractivity contribution in [2.45, 2.75) is 39.8 Å². The molecule has 0 spiro atoms. The summed E-state index contributed by atoms with van der Waals surface area (Å²) in [5, 5.41) is 4.17. The molecule has 4 nitrogen and oxygen atoms in total. The molecule has 0 radical (unpaired) electrons. The first-order valence-corrected chi connectivity index (χ1v) is 7.47. The Bertz CT molecular complexity index is 610. The van der Waals surface area contributed by atoms with Crippen LogP contribution in [-0.2, 0) is 11.3 Å². The molecule has 2 rings (SSSR count). The second-order valence-corrected chi connectivity index (χ2v) is 6.56. The molecule has 0 saturated heterocycles. The molecular weight excluding hydrogens is 262 g/mol. The van der Waals surface area contributed by atoms with Gasteiger partial charge in [0.05, 0.1) is 6.04 Å². The summed E-state index contributed by atoms with van der Waals surface area (Å²) in [6.07, 6.45) is 2.98. The van der Waals surface area contributed by atoms with Crippen LogP contribution in [0.25, 0.3) is 10.9 Å². The second-order valence-electron chi connectivity index (χ2n) is 6.56. The Morgan fingerprint density at radius 1 is 1.29 bits per heavy atom. The number of nitrogens with one attached hydrogen (secondary N) is 1. The fourth-order valence-electron chi connectivity index (χ4n) is 2.30. The van der Waals surface area contributed by atoms with Gasteiger partial charge in [-0.2, -0.15) is 0 Å². The van der Waals surface area contributed by atoms with Gasteiger partial charge < -0.3 is 15.6 Å². The molecule has 1 heterocycles. The first-order chi connectivity index (χ1) is 9.89. The van der Waals surface area contributed by atoms with E-state index in [0.29, 0.717) is 6.54 Å². The van der Waals surface area contributed by atoms with Crippen LogP contribution in [0.15, 0.2) is 36.5 Å². The van der Waals surface area contributed by atoms with Crippen molar-refractivity contribution in [1.82, 2.24) is 9.88 Å². The van der Waals surface area contributed by atoms with Crippen molar-refractivity contribution in [2.75, 3.05) is 6.54 Å². The maximum absolute atomic E-state index is 11.9. The number of carbonyl (C=O) groups excluding carboxylic acids is 1. The van der Waals surface area contributed by atoms with E-state index in [1.165, 1.54) is 10.9 Å². The zero-order valence-corrected chi connectivity index (χ0v) is 13.1. The minimum absolute atomic E-state index is 0.0696. The van der Waals surface area contributed by atoms with Crippen molar-refractivity contribution < 1.29 is 4.79 Å². The number of carbonyl (C=O) groups is 1. The Balaban J connectivity index is 1.81. The van der Waals surface area contributed by atoms with Gasteiger partial charge in [-0.1, -0.05) is 39.0 Å². The lowest BCUT2D eigenvalue weighted by Gasteiger charge is -2.25. The molecule has 1 aromatic carbocycles. The minimum Gasteiger partial charge on any atom is -0.355 e. The van der Waals surface area contributed by atoms with Crippen LogP contribution in [0.3, 0.4) is 0 Å². The Morgan fingerprint density at radius 3 is 2.71 bits per heavy atom. The van der Waals surface area contributed by atoms with Gasteiger partial charge in [0.1, 0.15) is 0 Å². The third kappa shape index (κ3) is 3.85. The lowest BCUT2D eigenvalue weighted by molar-refractivity contribution is -0.124. The summed E-state index contributed by atoms with van der Waals surface area (Å²) in [4.78, 5) is 11.9. The molecule has 0 bridgehead atoms. The van der Waals surface area contributed by atoms with Crippen LogP contribution < -0.4 is 11.1 Å². The average molecular weight is 287 g/mol. The van der Waals surface area contributed by atoms with E-state index in [-0.39, 0.29) is 11.3 Å². The van der Waals surface area contributed by atoms with Crippen LogP contribution >= 0.6 is 0 Å². The fraction of sp³-hybridized carbons (Fsp3) is 0.471. The Morgan fingerprint density at radius 2 is 2.00 bits per heavy atom. The Labute approximate surface area is 126 Å². The second kappa shape index (κ2) is 6.31. The van der Waals surface area contributed by atoms with Crippen molar-refractivity contribution in [2.24, 2.45) is 11.1 Å². The Kier molecular flexibility index (Phi) is 4.68. The minimum atomic E-state index is -0.468. The fourth-order valence-corrected chi connectivity index (χ4v) is 2.30. The number of nitrogens with two attached hydrogens (primary N) is 1. The number of hydrogen-bond donors (Lipinski definition) is 2. The summed E-state index contributed by atoms with van der Waals surface area (Å²) >= 11 is 0. The molecule has 21 heavy (non-hydrogen) atoms. The molecule has 3 N–H and O–H groups in total. The molecule has 0 saturated carbocycles. The lowest BCUT2D eigenvalue weighted by Crippen LogP contribution is -2.48. The van der Waals surface area contributed by atoms with E-state index in [1.54, 1.807) is 0 Å². The normalized spacial score (nSPS) is 13.3. The molecule has 0 fully saturated rings. The third-order valence-electron chi connectivity index (χ3n) is 3.77. The summed E-state index contributed by atoms with van der Waals surface area (Å²) in [5.74, 6) is -0.0696. The standard InChI is InChI=1S/C17H25N3O/c1-17(2,3)15(18)16(21)19-10-6-11-20-12-9-13-7-4-5-8-14(13)20/h4-5,7-9,12,15H,6,10-11,18H2,1-3H3,(H,19,21)/t15-/m0/s1. The molecule has 0 aliphatic heterocycles. The lowest BCUT2D eigenvalue weighted by atomic mass is 9.87. The van der Waals surface area contributed by atoms with Gasteiger partial charge in [0, 0.05) is 24.8 Å². The highest BCUT2D eigenvalue weighted by molar-refractivity contribution is 5.82. The maximum atomic E-state index is 11.9. The van der Waals surface area contributed by atoms with E-state index in [2.05, 4.69) is 34.3 Å². The van der Waals surface area contributed by atoms with Gasteiger partial charge in [0.2, 0.25) is 5.91 Å². The summed E-state index contributed by atoms with van der Waals surface area (Å²) < 4.78 is 2.21. The maximum Gasteiger partial charge on any atom is 0.237 e. The van der Waals surface area contributed by atoms with Crippen molar-refractivity contribution in [3.63, 3.8) is 0 Å². The molecule has 0 unspecified atom stereocenters. The number of aromatic nitrogens is 1. The van der Waals surface area contributed by atoms with Crippen molar-refractivity contribution >= 4 is 16.8 Å². The van der Waals surface area contributed by atoms with E-state index in [0.717, 1.165) is 13.0 Å². The van der Waals surface area contributed by atoms with E-state index in [4.69, 9.17) is 5.73 Å². The highest BCUT2D eigenvalue weighted by Crippen LogP contribution is 2.17. The molecular formula is C17H25N3O. The van der Waals surface area contributed by atoms with Gasteiger partial charge in [-0.15, -0.1) is 0 Å². The van der Waals surface area contributed by atoms with Crippen LogP contribution in [0.4, 0.5) is 0 Å². The SMILES string of the molecule is CC(C)(C)[C@@H](N)C(=O)NCCCn1ccc2ccccc21. The third-order valence-corrected chi connectivity index (χ3v) is 3.77. The average Bonchev–Trinajstić information content (AvgIpc) is 2.85. The predicted molar refractivity (Wildman–Crippen MR) is 87.0 cm³/mol. The van der Waals surface area contributed by atoms with Gasteiger partial charge >= 0.3 is 0 Å². The summed E-state index contributed by atoms with van der Waals surface area (Å²) in [7, 11) is 0. The van der Waals surface area contributed by atoms with E-state index >= 15 is 0 Å². The van der Waals surface area contributed by atoms with Crippen molar-refractivity contribution in [3.05, 3.63) is 36.5 Å². The zero-order chi connectivity index (χ0) is 15.5. The topological polar surface area (TPSA) is 60.1 Å². The first-order valence-electron chi connectivity index (χ1n) is 7.47. The quantitative estimate of drug-likeness (QED) is 0.830. The number of nitrogens with zero attached hydrogens (tertiary/aromatic N) is 1.